The lowest BCUT2D eigenvalue weighted by Gasteiger charge is -2.12. The Kier molecular flexibility index (Phi) is 4.39. The normalized spacial score (nSPS) is 11.0. The first-order valence-corrected chi connectivity index (χ1v) is 6.38. The fraction of sp³-hybridized carbons (Fsp3) is 0.133. The Morgan fingerprint density at radius 1 is 1.14 bits per heavy atom. The molecule has 21 heavy (non-hydrogen) atoms. The van der Waals surface area contributed by atoms with E-state index in [0.717, 1.165) is 17.7 Å². The summed E-state index contributed by atoms with van der Waals surface area (Å²) in [7, 11) is 0. The molecule has 108 valence electrons. The Morgan fingerprint density at radius 2 is 1.86 bits per heavy atom. The van der Waals surface area contributed by atoms with Crippen LogP contribution in [0, 0.1) is 11.3 Å². The molecule has 0 atom stereocenters. The zero-order valence-electron chi connectivity index (χ0n) is 10.7. The van der Waals surface area contributed by atoms with Crippen LogP contribution >= 0.6 is 11.6 Å². The number of alkyl halides is 3. The van der Waals surface area contributed by atoms with E-state index in [1.807, 2.05) is 0 Å². The van der Waals surface area contributed by atoms with E-state index in [2.05, 4.69) is 11.4 Å². The van der Waals surface area contributed by atoms with Crippen LogP contribution < -0.4 is 5.32 Å². The molecule has 2 aromatic carbocycles. The van der Waals surface area contributed by atoms with Gasteiger partial charge in [-0.25, -0.2) is 0 Å². The van der Waals surface area contributed by atoms with Crippen molar-refractivity contribution in [3.8, 4) is 6.07 Å². The SMILES string of the molecule is N#Cc1ccccc1CNc1ccc(C(F)(F)F)cc1Cl. The summed E-state index contributed by atoms with van der Waals surface area (Å²) in [4.78, 5) is 0. The highest BCUT2D eigenvalue weighted by molar-refractivity contribution is 6.33. The molecule has 0 unspecified atom stereocenters. The van der Waals surface area contributed by atoms with Crippen molar-refractivity contribution < 1.29 is 13.2 Å². The zero-order chi connectivity index (χ0) is 15.5. The van der Waals surface area contributed by atoms with Crippen LogP contribution in [0.3, 0.4) is 0 Å². The van der Waals surface area contributed by atoms with Crippen molar-refractivity contribution in [1.82, 2.24) is 0 Å². The van der Waals surface area contributed by atoms with E-state index in [0.29, 0.717) is 17.8 Å². The Morgan fingerprint density at radius 3 is 2.48 bits per heavy atom. The van der Waals surface area contributed by atoms with Crippen molar-refractivity contribution >= 4 is 17.3 Å². The highest BCUT2D eigenvalue weighted by atomic mass is 35.5. The standard InChI is InChI=1S/C15H10ClF3N2/c16-13-7-12(15(17,18)19)5-6-14(13)21-9-11-4-2-1-3-10(11)8-20/h1-7,21H,9H2. The van der Waals surface area contributed by atoms with E-state index in [1.54, 1.807) is 24.3 Å². The molecule has 2 rings (SSSR count). The molecule has 0 radical (unpaired) electrons. The minimum atomic E-state index is -4.42. The van der Waals surface area contributed by atoms with Gasteiger partial charge >= 0.3 is 6.18 Å². The number of nitrogens with zero attached hydrogens (tertiary/aromatic N) is 1. The van der Waals surface area contributed by atoms with Crippen LogP contribution in [0.1, 0.15) is 16.7 Å². The highest BCUT2D eigenvalue weighted by Crippen LogP contribution is 2.33. The molecule has 0 aliphatic rings. The van der Waals surface area contributed by atoms with E-state index in [1.165, 1.54) is 6.07 Å². The quantitative estimate of drug-likeness (QED) is 0.880. The summed E-state index contributed by atoms with van der Waals surface area (Å²) in [5.74, 6) is 0. The molecule has 2 nitrogen and oxygen atoms in total. The number of nitrogens with one attached hydrogen (secondary N) is 1. The number of anilines is 1. The first-order chi connectivity index (χ1) is 9.91. The smallest absolute Gasteiger partial charge is 0.380 e. The molecule has 0 saturated carbocycles. The van der Waals surface area contributed by atoms with Crippen LogP contribution in [0.4, 0.5) is 18.9 Å². The average molecular weight is 311 g/mol. The highest BCUT2D eigenvalue weighted by Gasteiger charge is 2.30. The first-order valence-electron chi connectivity index (χ1n) is 6.00. The summed E-state index contributed by atoms with van der Waals surface area (Å²) < 4.78 is 37.6. The van der Waals surface area contributed by atoms with Gasteiger partial charge in [0, 0.05) is 6.54 Å². The molecule has 0 spiro atoms. The Labute approximate surface area is 124 Å². The predicted molar refractivity (Wildman–Crippen MR) is 74.9 cm³/mol. The number of rotatable bonds is 3. The third kappa shape index (κ3) is 3.67. The van der Waals surface area contributed by atoms with Crippen molar-refractivity contribution in [3.05, 3.63) is 64.2 Å². The van der Waals surface area contributed by atoms with Gasteiger partial charge < -0.3 is 5.32 Å². The third-order valence-electron chi connectivity index (χ3n) is 2.90. The van der Waals surface area contributed by atoms with Crippen LogP contribution in [0.15, 0.2) is 42.5 Å². The summed E-state index contributed by atoms with van der Waals surface area (Å²) in [6.07, 6.45) is -4.42. The van der Waals surface area contributed by atoms with Gasteiger partial charge in [-0.15, -0.1) is 0 Å². The van der Waals surface area contributed by atoms with E-state index in [9.17, 15) is 13.2 Å². The van der Waals surface area contributed by atoms with Crippen LogP contribution in [0.5, 0.6) is 0 Å². The molecule has 0 aliphatic heterocycles. The van der Waals surface area contributed by atoms with Crippen molar-refractivity contribution in [2.75, 3.05) is 5.32 Å². The Balaban J connectivity index is 2.16. The molecule has 0 amide bonds. The fourth-order valence-corrected chi connectivity index (χ4v) is 2.06. The number of benzene rings is 2. The second-order valence-electron chi connectivity index (χ2n) is 4.31. The first kappa shape index (κ1) is 15.2. The maximum absolute atomic E-state index is 12.5. The zero-order valence-corrected chi connectivity index (χ0v) is 11.5. The van der Waals surface area contributed by atoms with Gasteiger partial charge in [0.15, 0.2) is 0 Å². The largest absolute Gasteiger partial charge is 0.416 e. The lowest BCUT2D eigenvalue weighted by atomic mass is 10.1. The third-order valence-corrected chi connectivity index (χ3v) is 3.22. The van der Waals surface area contributed by atoms with Crippen molar-refractivity contribution in [1.29, 1.82) is 5.26 Å². The fourth-order valence-electron chi connectivity index (χ4n) is 1.81. The molecule has 0 fully saturated rings. The molecular weight excluding hydrogens is 301 g/mol. The molecule has 6 heteroatoms. The monoisotopic (exact) mass is 310 g/mol. The average Bonchev–Trinajstić information content (AvgIpc) is 2.45. The maximum Gasteiger partial charge on any atom is 0.416 e. The Bertz CT molecular complexity index is 690. The number of hydrogen-bond acceptors (Lipinski definition) is 2. The minimum Gasteiger partial charge on any atom is -0.380 e. The van der Waals surface area contributed by atoms with E-state index < -0.39 is 11.7 Å². The van der Waals surface area contributed by atoms with Gasteiger partial charge in [0.25, 0.3) is 0 Å². The summed E-state index contributed by atoms with van der Waals surface area (Å²) in [5, 5.41) is 11.9. The summed E-state index contributed by atoms with van der Waals surface area (Å²) in [6.45, 7) is 0.300. The van der Waals surface area contributed by atoms with Crippen molar-refractivity contribution in [2.24, 2.45) is 0 Å². The molecular formula is C15H10ClF3N2. The van der Waals surface area contributed by atoms with Gasteiger partial charge in [-0.05, 0) is 29.8 Å². The molecule has 0 aliphatic carbocycles. The molecule has 0 saturated heterocycles. The summed E-state index contributed by atoms with van der Waals surface area (Å²) in [5.41, 5.74) is 0.844. The number of halogens is 4. The predicted octanol–water partition coefficient (Wildman–Crippen LogP) is 4.84. The number of hydrogen-bond donors (Lipinski definition) is 1. The van der Waals surface area contributed by atoms with Crippen LogP contribution in [0.2, 0.25) is 5.02 Å². The number of nitriles is 1. The van der Waals surface area contributed by atoms with Crippen LogP contribution in [0.25, 0.3) is 0 Å². The molecule has 2 aromatic rings. The second-order valence-corrected chi connectivity index (χ2v) is 4.72. The molecule has 0 heterocycles. The molecule has 1 N–H and O–H groups in total. The van der Waals surface area contributed by atoms with E-state index >= 15 is 0 Å². The van der Waals surface area contributed by atoms with E-state index in [-0.39, 0.29) is 5.02 Å². The summed E-state index contributed by atoms with van der Waals surface area (Å²) in [6, 6.07) is 12.1. The molecule has 0 bridgehead atoms. The summed E-state index contributed by atoms with van der Waals surface area (Å²) >= 11 is 5.85. The van der Waals surface area contributed by atoms with Gasteiger partial charge in [0.2, 0.25) is 0 Å². The topological polar surface area (TPSA) is 35.8 Å². The van der Waals surface area contributed by atoms with Gasteiger partial charge in [-0.1, -0.05) is 29.8 Å². The van der Waals surface area contributed by atoms with Crippen LogP contribution in [-0.2, 0) is 12.7 Å². The molecule has 0 aromatic heterocycles. The van der Waals surface area contributed by atoms with E-state index in [4.69, 9.17) is 16.9 Å². The van der Waals surface area contributed by atoms with Gasteiger partial charge in [-0.3, -0.25) is 0 Å². The van der Waals surface area contributed by atoms with Gasteiger partial charge in [0.05, 0.1) is 27.9 Å². The van der Waals surface area contributed by atoms with Crippen molar-refractivity contribution in [2.45, 2.75) is 12.7 Å². The van der Waals surface area contributed by atoms with Crippen molar-refractivity contribution in [3.63, 3.8) is 0 Å². The maximum atomic E-state index is 12.5. The van der Waals surface area contributed by atoms with Gasteiger partial charge in [0.1, 0.15) is 0 Å². The Hall–Kier alpha value is -2.19. The lowest BCUT2D eigenvalue weighted by molar-refractivity contribution is -0.137. The lowest BCUT2D eigenvalue weighted by Crippen LogP contribution is -2.06. The second kappa shape index (κ2) is 6.06. The van der Waals surface area contributed by atoms with Gasteiger partial charge in [-0.2, -0.15) is 18.4 Å². The van der Waals surface area contributed by atoms with Crippen LogP contribution in [-0.4, -0.2) is 0 Å². The minimum absolute atomic E-state index is 0.0146.